The van der Waals surface area contributed by atoms with Crippen LogP contribution in [0.5, 0.6) is 0 Å². The van der Waals surface area contributed by atoms with Crippen LogP contribution in [-0.4, -0.2) is 44.3 Å². The lowest BCUT2D eigenvalue weighted by Crippen LogP contribution is -2.51. The normalized spacial score (nSPS) is 12.1. The Bertz CT molecular complexity index is 1410. The molecule has 0 heterocycles. The van der Waals surface area contributed by atoms with Crippen LogP contribution in [0.1, 0.15) is 30.5 Å². The third kappa shape index (κ3) is 7.15. The molecular formula is C28H31BrClN3O4S. The monoisotopic (exact) mass is 619 g/mol. The Morgan fingerprint density at radius 3 is 2.32 bits per heavy atom. The second-order valence-corrected chi connectivity index (χ2v) is 12.2. The molecule has 3 aromatic rings. The molecule has 0 unspecified atom stereocenters. The fourth-order valence-corrected chi connectivity index (χ4v) is 5.87. The summed E-state index contributed by atoms with van der Waals surface area (Å²) < 4.78 is 29.5. The number of likely N-dealkylation sites (N-methyl/N-ethyl adjacent to an activating group) is 1. The van der Waals surface area contributed by atoms with Crippen molar-refractivity contribution in [2.24, 2.45) is 0 Å². The molecule has 0 aliphatic rings. The molecule has 0 radical (unpaired) electrons. The van der Waals surface area contributed by atoms with Gasteiger partial charge in [0.1, 0.15) is 12.6 Å². The first-order chi connectivity index (χ1) is 17.9. The Kier molecular flexibility index (Phi) is 9.98. The van der Waals surface area contributed by atoms with Crippen molar-refractivity contribution in [3.05, 3.63) is 92.9 Å². The molecule has 2 amide bonds. The lowest BCUT2D eigenvalue weighted by atomic mass is 10.1. The number of nitrogens with one attached hydrogen (secondary N) is 1. The van der Waals surface area contributed by atoms with Crippen molar-refractivity contribution in [1.82, 2.24) is 10.2 Å². The van der Waals surface area contributed by atoms with E-state index in [1.54, 1.807) is 38.1 Å². The maximum Gasteiger partial charge on any atom is 0.264 e. The molecule has 38 heavy (non-hydrogen) atoms. The van der Waals surface area contributed by atoms with Crippen molar-refractivity contribution in [2.75, 3.05) is 17.4 Å². The summed E-state index contributed by atoms with van der Waals surface area (Å²) in [4.78, 5) is 28.0. The van der Waals surface area contributed by atoms with E-state index in [1.807, 2.05) is 38.1 Å². The Balaban J connectivity index is 2.06. The van der Waals surface area contributed by atoms with Crippen molar-refractivity contribution in [2.45, 2.75) is 45.2 Å². The zero-order chi connectivity index (χ0) is 28.0. The predicted octanol–water partition coefficient (Wildman–Crippen LogP) is 5.47. The Labute approximate surface area is 238 Å². The van der Waals surface area contributed by atoms with Gasteiger partial charge < -0.3 is 10.2 Å². The maximum absolute atomic E-state index is 13.8. The van der Waals surface area contributed by atoms with Gasteiger partial charge in [-0.1, -0.05) is 63.4 Å². The fraction of sp³-hybridized carbons (Fsp3) is 0.286. The molecule has 0 aromatic heterocycles. The van der Waals surface area contributed by atoms with Gasteiger partial charge in [0.15, 0.2) is 0 Å². The smallest absolute Gasteiger partial charge is 0.264 e. The quantitative estimate of drug-likeness (QED) is 0.326. The number of rotatable bonds is 10. The van der Waals surface area contributed by atoms with Crippen LogP contribution in [0, 0.1) is 13.8 Å². The molecule has 7 nitrogen and oxygen atoms in total. The molecule has 0 aliphatic carbocycles. The second kappa shape index (κ2) is 12.8. The van der Waals surface area contributed by atoms with Crippen molar-refractivity contribution in [1.29, 1.82) is 0 Å². The Morgan fingerprint density at radius 2 is 1.71 bits per heavy atom. The van der Waals surface area contributed by atoms with Gasteiger partial charge in [0.05, 0.1) is 10.6 Å². The SMILES string of the molecule is CCNC(=O)[C@@H](C)N(Cc1cccc(Br)c1)C(=O)CN(c1ccc(C)c(Cl)c1)S(=O)(=O)c1ccc(C)cc1. The average molecular weight is 621 g/mol. The highest BCUT2D eigenvalue weighted by atomic mass is 79.9. The number of hydrogen-bond donors (Lipinski definition) is 1. The third-order valence-electron chi connectivity index (χ3n) is 6.09. The molecule has 1 N–H and O–H groups in total. The van der Waals surface area contributed by atoms with E-state index >= 15 is 0 Å². The first-order valence-corrected chi connectivity index (χ1v) is 14.7. The van der Waals surface area contributed by atoms with E-state index in [4.69, 9.17) is 11.6 Å². The molecular weight excluding hydrogens is 590 g/mol. The van der Waals surface area contributed by atoms with E-state index in [9.17, 15) is 18.0 Å². The molecule has 10 heteroatoms. The zero-order valence-electron chi connectivity index (χ0n) is 21.7. The van der Waals surface area contributed by atoms with Crippen molar-refractivity contribution >= 4 is 55.1 Å². The van der Waals surface area contributed by atoms with Gasteiger partial charge in [-0.2, -0.15) is 0 Å². The Morgan fingerprint density at radius 1 is 1.03 bits per heavy atom. The minimum Gasteiger partial charge on any atom is -0.355 e. The third-order valence-corrected chi connectivity index (χ3v) is 8.78. The van der Waals surface area contributed by atoms with Crippen molar-refractivity contribution in [3.63, 3.8) is 0 Å². The van der Waals surface area contributed by atoms with Gasteiger partial charge in [-0.15, -0.1) is 0 Å². The van der Waals surface area contributed by atoms with E-state index in [2.05, 4.69) is 21.2 Å². The minimum absolute atomic E-state index is 0.0444. The number of hydrogen-bond acceptors (Lipinski definition) is 4. The molecule has 3 rings (SSSR count). The molecule has 0 spiro atoms. The number of aryl methyl sites for hydroxylation is 2. The summed E-state index contributed by atoms with van der Waals surface area (Å²) in [5.74, 6) is -0.863. The van der Waals surface area contributed by atoms with Gasteiger partial charge in [-0.05, 0) is 75.2 Å². The van der Waals surface area contributed by atoms with E-state index in [0.29, 0.717) is 11.6 Å². The summed E-state index contributed by atoms with van der Waals surface area (Å²) in [6.07, 6.45) is 0. The second-order valence-electron chi connectivity index (χ2n) is 8.98. The lowest BCUT2D eigenvalue weighted by Gasteiger charge is -2.32. The first kappa shape index (κ1) is 29.7. The van der Waals surface area contributed by atoms with Crippen LogP contribution in [-0.2, 0) is 26.2 Å². The standard InChI is InChI=1S/C28H31BrClN3O4S/c1-5-31-28(35)21(4)32(17-22-7-6-8-23(29)15-22)27(34)18-33(24-12-11-20(3)26(30)16-24)38(36,37)25-13-9-19(2)10-14-25/h6-16,21H,5,17-18H2,1-4H3,(H,31,35)/t21-/m1/s1. The van der Waals surface area contributed by atoms with Gasteiger partial charge >= 0.3 is 0 Å². The van der Waals surface area contributed by atoms with Crippen LogP contribution in [0.2, 0.25) is 5.02 Å². The number of carbonyl (C=O) groups is 2. The topological polar surface area (TPSA) is 86.8 Å². The molecule has 0 aliphatic heterocycles. The molecule has 0 saturated carbocycles. The van der Waals surface area contributed by atoms with Crippen LogP contribution in [0.15, 0.2) is 76.1 Å². The summed E-state index contributed by atoms with van der Waals surface area (Å²) in [5.41, 5.74) is 2.72. The number of amides is 2. The summed E-state index contributed by atoms with van der Waals surface area (Å²) in [7, 11) is -4.15. The number of sulfonamides is 1. The minimum atomic E-state index is -4.15. The fourth-order valence-electron chi connectivity index (χ4n) is 3.84. The molecule has 3 aromatic carbocycles. The van der Waals surface area contributed by atoms with E-state index < -0.39 is 28.5 Å². The molecule has 0 bridgehead atoms. The zero-order valence-corrected chi connectivity index (χ0v) is 24.9. The van der Waals surface area contributed by atoms with Crippen LogP contribution >= 0.6 is 27.5 Å². The van der Waals surface area contributed by atoms with E-state index in [-0.39, 0.29) is 23.0 Å². The highest BCUT2D eigenvalue weighted by Crippen LogP contribution is 2.29. The highest BCUT2D eigenvalue weighted by molar-refractivity contribution is 9.10. The number of carbonyl (C=O) groups excluding carboxylic acids is 2. The van der Waals surface area contributed by atoms with Gasteiger partial charge in [0.2, 0.25) is 11.8 Å². The van der Waals surface area contributed by atoms with Crippen LogP contribution < -0.4 is 9.62 Å². The van der Waals surface area contributed by atoms with Gasteiger partial charge in [0, 0.05) is 22.6 Å². The van der Waals surface area contributed by atoms with Crippen molar-refractivity contribution < 1.29 is 18.0 Å². The number of anilines is 1. The average Bonchev–Trinajstić information content (AvgIpc) is 2.87. The lowest BCUT2D eigenvalue weighted by molar-refractivity contribution is -0.139. The first-order valence-electron chi connectivity index (χ1n) is 12.1. The molecule has 202 valence electrons. The van der Waals surface area contributed by atoms with Crippen LogP contribution in [0.4, 0.5) is 5.69 Å². The van der Waals surface area contributed by atoms with Crippen LogP contribution in [0.3, 0.4) is 0 Å². The Hall–Kier alpha value is -2.88. The van der Waals surface area contributed by atoms with Crippen molar-refractivity contribution in [3.8, 4) is 0 Å². The predicted molar refractivity (Wildman–Crippen MR) is 155 cm³/mol. The summed E-state index contributed by atoms with van der Waals surface area (Å²) in [6.45, 7) is 7.09. The number of halogens is 2. The van der Waals surface area contributed by atoms with E-state index in [0.717, 1.165) is 25.5 Å². The van der Waals surface area contributed by atoms with E-state index in [1.165, 1.54) is 23.1 Å². The molecule has 0 fully saturated rings. The van der Waals surface area contributed by atoms with Gasteiger partial charge in [-0.25, -0.2) is 8.42 Å². The number of nitrogens with zero attached hydrogens (tertiary/aromatic N) is 2. The van der Waals surface area contributed by atoms with Gasteiger partial charge in [0.25, 0.3) is 10.0 Å². The largest absolute Gasteiger partial charge is 0.355 e. The summed E-state index contributed by atoms with van der Waals surface area (Å²) in [6, 6.07) is 17.8. The summed E-state index contributed by atoms with van der Waals surface area (Å²) in [5, 5.41) is 3.12. The maximum atomic E-state index is 13.8. The molecule has 1 atom stereocenters. The van der Waals surface area contributed by atoms with Crippen LogP contribution in [0.25, 0.3) is 0 Å². The number of benzene rings is 3. The molecule has 0 saturated heterocycles. The summed E-state index contributed by atoms with van der Waals surface area (Å²) >= 11 is 9.79. The highest BCUT2D eigenvalue weighted by Gasteiger charge is 2.32. The van der Waals surface area contributed by atoms with Gasteiger partial charge in [-0.3, -0.25) is 13.9 Å².